The van der Waals surface area contributed by atoms with Gasteiger partial charge in [-0.05, 0) is 81.0 Å². The van der Waals surface area contributed by atoms with Gasteiger partial charge in [-0.25, -0.2) is 4.99 Å². The zero-order chi connectivity index (χ0) is 23.9. The molecule has 0 aromatic rings. The molecule has 0 spiro atoms. The largest absolute Gasteiger partial charge is 0.478 e. The van der Waals surface area contributed by atoms with Crippen LogP contribution in [0.15, 0.2) is 4.99 Å². The van der Waals surface area contributed by atoms with Crippen LogP contribution < -0.4 is 0 Å². The van der Waals surface area contributed by atoms with Gasteiger partial charge >= 0.3 is 0 Å². The molecule has 186 valence electrons. The fourth-order valence-electron chi connectivity index (χ4n) is 9.40. The minimum atomic E-state index is -0.424. The average Bonchev–Trinajstić information content (AvgIpc) is 3.29. The number of hydrogen-bond donors (Lipinski definition) is 2. The quantitative estimate of drug-likeness (QED) is 0.645. The summed E-state index contributed by atoms with van der Waals surface area (Å²) in [5.74, 6) is 2.75. The number of Topliss-reactive ketones (excluding diaryl/α,β-unsaturated/α-hetero) is 1. The summed E-state index contributed by atoms with van der Waals surface area (Å²) in [5.41, 5.74) is -0.608. The summed E-state index contributed by atoms with van der Waals surface area (Å²) in [5, 5.41) is 22.5. The van der Waals surface area contributed by atoms with E-state index in [1.54, 1.807) is 0 Å². The summed E-state index contributed by atoms with van der Waals surface area (Å²) in [6.45, 7) is 14.0. The molecule has 33 heavy (non-hydrogen) atoms. The SMILES string of the molecule is CC[C@@H](C)[C@H]1CC[C@H]2[C@@H]3C(=O)C[C@@H]4C[C@H](O)CC(C5=NC(C)(C)CO5)[C@]4(C)[C@H]3C[C@H](O)[C@]12C. The average molecular weight is 460 g/mol. The second-order valence-electron chi connectivity index (χ2n) is 13.4. The zero-order valence-corrected chi connectivity index (χ0v) is 21.5. The Morgan fingerprint density at radius 3 is 2.42 bits per heavy atom. The molecule has 2 N–H and O–H groups in total. The molecular weight excluding hydrogens is 414 g/mol. The van der Waals surface area contributed by atoms with E-state index < -0.39 is 6.10 Å². The minimum absolute atomic E-state index is 0.0111. The first-order valence-electron chi connectivity index (χ1n) is 13.5. The highest BCUT2D eigenvalue weighted by atomic mass is 16.5. The Balaban J connectivity index is 1.56. The van der Waals surface area contributed by atoms with E-state index in [4.69, 9.17) is 9.73 Å². The molecule has 5 heteroatoms. The van der Waals surface area contributed by atoms with Gasteiger partial charge in [-0.2, -0.15) is 0 Å². The highest BCUT2D eigenvalue weighted by Gasteiger charge is 2.68. The van der Waals surface area contributed by atoms with Crippen LogP contribution in [0.2, 0.25) is 0 Å². The van der Waals surface area contributed by atoms with Crippen molar-refractivity contribution < 1.29 is 19.7 Å². The number of ether oxygens (including phenoxy) is 1. The number of aliphatic hydroxyl groups is 2. The molecule has 5 aliphatic rings. The maximum absolute atomic E-state index is 13.8. The molecule has 0 bridgehead atoms. The van der Waals surface area contributed by atoms with Crippen molar-refractivity contribution in [2.24, 2.45) is 57.2 Å². The zero-order valence-electron chi connectivity index (χ0n) is 21.5. The smallest absolute Gasteiger partial charge is 0.187 e. The van der Waals surface area contributed by atoms with Crippen LogP contribution in [0.25, 0.3) is 0 Å². The van der Waals surface area contributed by atoms with Crippen LogP contribution in [0.4, 0.5) is 0 Å². The van der Waals surface area contributed by atoms with Crippen LogP contribution in [-0.2, 0) is 9.53 Å². The second kappa shape index (κ2) is 7.78. The van der Waals surface area contributed by atoms with Gasteiger partial charge in [-0.1, -0.05) is 34.1 Å². The van der Waals surface area contributed by atoms with Crippen LogP contribution >= 0.6 is 0 Å². The molecule has 4 fully saturated rings. The first-order chi connectivity index (χ1) is 15.4. The van der Waals surface area contributed by atoms with Gasteiger partial charge in [-0.15, -0.1) is 0 Å². The number of aliphatic imine (C=N–C) groups is 1. The van der Waals surface area contributed by atoms with E-state index in [1.807, 2.05) is 0 Å². The monoisotopic (exact) mass is 459 g/mol. The van der Waals surface area contributed by atoms with E-state index in [1.165, 1.54) is 0 Å². The molecule has 0 aromatic carbocycles. The fourth-order valence-corrected chi connectivity index (χ4v) is 9.40. The van der Waals surface area contributed by atoms with E-state index in [9.17, 15) is 15.0 Å². The Morgan fingerprint density at radius 2 is 1.79 bits per heavy atom. The fraction of sp³-hybridized carbons (Fsp3) is 0.929. The van der Waals surface area contributed by atoms with Crippen molar-refractivity contribution in [1.29, 1.82) is 0 Å². The van der Waals surface area contributed by atoms with E-state index in [0.717, 1.165) is 25.2 Å². The lowest BCUT2D eigenvalue weighted by atomic mass is 9.41. The summed E-state index contributed by atoms with van der Waals surface area (Å²) in [6.07, 6.45) is 5.04. The Kier molecular flexibility index (Phi) is 5.61. The number of carbonyl (C=O) groups is 1. The first kappa shape index (κ1) is 23.8. The molecule has 0 radical (unpaired) electrons. The summed E-state index contributed by atoms with van der Waals surface area (Å²) < 4.78 is 6.16. The number of hydrogen-bond acceptors (Lipinski definition) is 5. The normalized spacial score (nSPS) is 51.8. The first-order valence-corrected chi connectivity index (χ1v) is 13.5. The standard InChI is InChI=1S/C28H45NO4/c1-7-15(2)18-8-9-19-24-20(13-23(32)28(18,19)6)27(5)16(11-22(24)31)10-17(30)12-21(27)25-29-26(3,4)14-33-25/h15-21,23-24,30,32H,7-14H2,1-6H3/t15-,16+,17+,18-,19+,20+,21?,23+,24+,27+,28-/m1/s1. The number of nitrogens with zero attached hydrogens (tertiary/aromatic N) is 1. The summed E-state index contributed by atoms with van der Waals surface area (Å²) in [7, 11) is 0. The topological polar surface area (TPSA) is 79.1 Å². The molecular formula is C28H45NO4. The lowest BCUT2D eigenvalue weighted by molar-refractivity contribution is -0.188. The molecule has 1 heterocycles. The third-order valence-electron chi connectivity index (χ3n) is 11.4. The van der Waals surface area contributed by atoms with Gasteiger partial charge in [0.05, 0.1) is 17.7 Å². The summed E-state index contributed by atoms with van der Waals surface area (Å²) in [6, 6.07) is 0. The van der Waals surface area contributed by atoms with Gasteiger partial charge in [0.25, 0.3) is 0 Å². The van der Waals surface area contributed by atoms with Crippen molar-refractivity contribution in [2.75, 3.05) is 6.61 Å². The number of fused-ring (bicyclic) bond motifs is 5. The number of ketones is 1. The van der Waals surface area contributed by atoms with E-state index >= 15 is 0 Å². The van der Waals surface area contributed by atoms with Crippen LogP contribution in [0, 0.1) is 52.3 Å². The van der Waals surface area contributed by atoms with Gasteiger partial charge in [0.15, 0.2) is 5.90 Å². The van der Waals surface area contributed by atoms with Crippen molar-refractivity contribution in [2.45, 2.75) is 104 Å². The van der Waals surface area contributed by atoms with Crippen molar-refractivity contribution >= 4 is 11.7 Å². The number of rotatable bonds is 3. The van der Waals surface area contributed by atoms with Gasteiger partial charge in [-0.3, -0.25) is 4.79 Å². The maximum Gasteiger partial charge on any atom is 0.187 e. The molecule has 5 rings (SSSR count). The van der Waals surface area contributed by atoms with E-state index in [2.05, 4.69) is 41.5 Å². The van der Waals surface area contributed by atoms with Crippen LogP contribution in [0.5, 0.6) is 0 Å². The molecule has 1 unspecified atom stereocenters. The van der Waals surface area contributed by atoms with Crippen molar-refractivity contribution in [3.63, 3.8) is 0 Å². The molecule has 11 atom stereocenters. The predicted molar refractivity (Wildman–Crippen MR) is 129 cm³/mol. The van der Waals surface area contributed by atoms with Crippen molar-refractivity contribution in [3.8, 4) is 0 Å². The van der Waals surface area contributed by atoms with Gasteiger partial charge < -0.3 is 14.9 Å². The number of carbonyl (C=O) groups excluding carboxylic acids is 1. The van der Waals surface area contributed by atoms with Gasteiger partial charge in [0.2, 0.25) is 0 Å². The Labute approximate surface area is 199 Å². The van der Waals surface area contributed by atoms with Crippen LogP contribution in [0.1, 0.15) is 86.5 Å². The lowest BCUT2D eigenvalue weighted by Gasteiger charge is -2.63. The van der Waals surface area contributed by atoms with E-state index in [0.29, 0.717) is 49.9 Å². The number of aliphatic hydroxyl groups excluding tert-OH is 2. The third kappa shape index (κ3) is 3.31. The third-order valence-corrected chi connectivity index (χ3v) is 11.4. The van der Waals surface area contributed by atoms with Crippen LogP contribution in [0.3, 0.4) is 0 Å². The summed E-state index contributed by atoms with van der Waals surface area (Å²) >= 11 is 0. The molecule has 0 aromatic heterocycles. The van der Waals surface area contributed by atoms with Crippen LogP contribution in [-0.4, -0.2) is 46.2 Å². The van der Waals surface area contributed by atoms with Gasteiger partial charge in [0, 0.05) is 23.7 Å². The van der Waals surface area contributed by atoms with Crippen molar-refractivity contribution in [1.82, 2.24) is 0 Å². The van der Waals surface area contributed by atoms with E-state index in [-0.39, 0.29) is 52.1 Å². The highest BCUT2D eigenvalue weighted by Crippen LogP contribution is 2.68. The highest BCUT2D eigenvalue weighted by molar-refractivity contribution is 5.86. The van der Waals surface area contributed by atoms with Crippen molar-refractivity contribution in [3.05, 3.63) is 0 Å². The second-order valence-corrected chi connectivity index (χ2v) is 13.4. The molecule has 5 nitrogen and oxygen atoms in total. The summed E-state index contributed by atoms with van der Waals surface area (Å²) in [4.78, 5) is 18.7. The predicted octanol–water partition coefficient (Wildman–Crippen LogP) is 4.64. The molecule has 4 aliphatic carbocycles. The Hall–Kier alpha value is -0.940. The lowest BCUT2D eigenvalue weighted by Crippen LogP contribution is -2.64. The molecule has 0 amide bonds. The Morgan fingerprint density at radius 1 is 1.06 bits per heavy atom. The molecule has 4 saturated carbocycles. The Bertz CT molecular complexity index is 838. The molecule has 0 saturated heterocycles. The minimum Gasteiger partial charge on any atom is -0.478 e. The van der Waals surface area contributed by atoms with Gasteiger partial charge in [0.1, 0.15) is 12.4 Å². The molecule has 1 aliphatic heterocycles. The maximum atomic E-state index is 13.8.